The van der Waals surface area contributed by atoms with Crippen molar-refractivity contribution < 1.29 is 19.0 Å². The van der Waals surface area contributed by atoms with Gasteiger partial charge in [-0.25, -0.2) is 0 Å². The number of benzene rings is 1. The van der Waals surface area contributed by atoms with Crippen LogP contribution in [0, 0.1) is 23.2 Å². The van der Waals surface area contributed by atoms with Crippen LogP contribution in [0.5, 0.6) is 5.75 Å². The van der Waals surface area contributed by atoms with E-state index in [0.717, 1.165) is 17.7 Å². The highest BCUT2D eigenvalue weighted by molar-refractivity contribution is 5.65. The first-order valence-electron chi connectivity index (χ1n) is 8.90. The van der Waals surface area contributed by atoms with Crippen LogP contribution in [0.15, 0.2) is 24.3 Å². The monoisotopic (exact) mass is 330 g/mol. The quantitative estimate of drug-likeness (QED) is 0.775. The van der Waals surface area contributed by atoms with Crippen molar-refractivity contribution in [1.82, 2.24) is 0 Å². The molecule has 4 rings (SSSR count). The first-order chi connectivity index (χ1) is 11.4. The van der Waals surface area contributed by atoms with Gasteiger partial charge in [0.05, 0.1) is 19.3 Å². The summed E-state index contributed by atoms with van der Waals surface area (Å²) in [4.78, 5) is 11.4. The third kappa shape index (κ3) is 2.05. The minimum absolute atomic E-state index is 0.0629. The van der Waals surface area contributed by atoms with Crippen LogP contribution in [0.1, 0.15) is 45.8 Å². The molecule has 0 unspecified atom stereocenters. The van der Waals surface area contributed by atoms with Gasteiger partial charge in [0.1, 0.15) is 11.4 Å². The lowest BCUT2D eigenvalue weighted by atomic mass is 9.50. The maximum absolute atomic E-state index is 11.4. The number of fused-ring (bicyclic) bond motifs is 3. The molecule has 2 heterocycles. The fourth-order valence-corrected chi connectivity index (χ4v) is 5.49. The topological polar surface area (TPSA) is 44.8 Å². The van der Waals surface area contributed by atoms with Crippen LogP contribution in [-0.4, -0.2) is 24.8 Å². The summed E-state index contributed by atoms with van der Waals surface area (Å²) in [5.74, 6) is 1.73. The molecule has 1 aliphatic carbocycles. The molecule has 0 aromatic heterocycles. The predicted octanol–water partition coefficient (Wildman–Crippen LogP) is 3.75. The van der Waals surface area contributed by atoms with Crippen molar-refractivity contribution in [3.8, 4) is 5.75 Å². The van der Waals surface area contributed by atoms with Crippen molar-refractivity contribution in [2.75, 3.05) is 13.2 Å². The van der Waals surface area contributed by atoms with Gasteiger partial charge in [0.2, 0.25) is 0 Å². The molecule has 2 fully saturated rings. The summed E-state index contributed by atoms with van der Waals surface area (Å²) in [6.07, 6.45) is 1.02. The Bertz CT molecular complexity index is 671. The van der Waals surface area contributed by atoms with Gasteiger partial charge in [-0.15, -0.1) is 0 Å². The molecule has 3 aliphatic rings. The van der Waals surface area contributed by atoms with Crippen molar-refractivity contribution in [3.63, 3.8) is 0 Å². The molecular weight excluding hydrogens is 304 g/mol. The third-order valence-corrected chi connectivity index (χ3v) is 6.81. The summed E-state index contributed by atoms with van der Waals surface area (Å²) in [6, 6.07) is 8.23. The zero-order valence-corrected chi connectivity index (χ0v) is 14.9. The maximum atomic E-state index is 11.4. The van der Waals surface area contributed by atoms with Crippen LogP contribution < -0.4 is 4.74 Å². The van der Waals surface area contributed by atoms with Crippen molar-refractivity contribution in [1.29, 1.82) is 0 Å². The van der Waals surface area contributed by atoms with E-state index in [-0.39, 0.29) is 29.0 Å². The molecular formula is C20H26O4. The van der Waals surface area contributed by atoms with Crippen LogP contribution in [-0.2, 0) is 14.3 Å². The summed E-state index contributed by atoms with van der Waals surface area (Å²) in [5.41, 5.74) is 0.794. The molecule has 4 heteroatoms. The van der Waals surface area contributed by atoms with E-state index in [1.54, 1.807) is 0 Å². The summed E-state index contributed by atoms with van der Waals surface area (Å²) in [7, 11) is 0. The van der Waals surface area contributed by atoms with E-state index in [9.17, 15) is 4.79 Å². The second-order valence-electron chi connectivity index (χ2n) is 8.12. The molecule has 1 aromatic rings. The fourth-order valence-electron chi connectivity index (χ4n) is 5.49. The third-order valence-electron chi connectivity index (χ3n) is 6.81. The van der Waals surface area contributed by atoms with Gasteiger partial charge in [0.25, 0.3) is 0 Å². The number of esters is 1. The zero-order valence-electron chi connectivity index (χ0n) is 14.9. The Labute approximate surface area is 143 Å². The van der Waals surface area contributed by atoms with Gasteiger partial charge in [-0.05, 0) is 31.2 Å². The lowest BCUT2D eigenvalue weighted by molar-refractivity contribution is -0.261. The first-order valence-corrected chi connectivity index (χ1v) is 8.90. The van der Waals surface area contributed by atoms with Crippen LogP contribution in [0.2, 0.25) is 0 Å². The molecule has 6 atom stereocenters. The van der Waals surface area contributed by atoms with Crippen molar-refractivity contribution in [2.45, 2.75) is 45.8 Å². The van der Waals surface area contributed by atoms with Crippen LogP contribution in [0.3, 0.4) is 0 Å². The summed E-state index contributed by atoms with van der Waals surface area (Å²) < 4.78 is 18.4. The SMILES string of the molecule is CC(=O)OC[C@@]12CO[C@@H]3c4ccccc4O[C@@](C)(C[C@@H]1C)[C@@H]3[C@@H]2C. The Balaban J connectivity index is 1.76. The summed E-state index contributed by atoms with van der Waals surface area (Å²) in [6.45, 7) is 9.30. The number of hydrogen-bond donors (Lipinski definition) is 0. The number of carbonyl (C=O) groups is 1. The minimum Gasteiger partial charge on any atom is -0.487 e. The van der Waals surface area contributed by atoms with Crippen molar-refractivity contribution in [3.05, 3.63) is 29.8 Å². The standard InChI is InChI=1S/C20H26O4/c1-12-9-19(4)17-13(2)20(12,10-22-14(3)21)11-23-18(17)15-7-5-6-8-16(15)24-19/h5-8,12-13,17-18H,9-11H2,1-4H3/t12-,13-,17+,18+,19-,20+/m0/s1. The van der Waals surface area contributed by atoms with Gasteiger partial charge >= 0.3 is 5.97 Å². The Morgan fingerprint density at radius 2 is 2.08 bits per heavy atom. The Morgan fingerprint density at radius 1 is 1.33 bits per heavy atom. The molecule has 130 valence electrons. The Kier molecular flexibility index (Phi) is 3.47. The van der Waals surface area contributed by atoms with Gasteiger partial charge in [-0.2, -0.15) is 0 Å². The predicted molar refractivity (Wildman–Crippen MR) is 89.7 cm³/mol. The highest BCUT2D eigenvalue weighted by Gasteiger charge is 2.64. The van der Waals surface area contributed by atoms with Crippen molar-refractivity contribution in [2.24, 2.45) is 23.2 Å². The molecule has 2 bridgehead atoms. The highest BCUT2D eigenvalue weighted by Crippen LogP contribution is 2.63. The molecule has 0 spiro atoms. The lowest BCUT2D eigenvalue weighted by Gasteiger charge is -2.63. The molecule has 1 saturated carbocycles. The van der Waals surface area contributed by atoms with E-state index in [1.165, 1.54) is 6.92 Å². The number of rotatable bonds is 2. The number of ether oxygens (including phenoxy) is 3. The van der Waals surface area contributed by atoms with E-state index in [1.807, 2.05) is 18.2 Å². The average Bonchev–Trinajstić information content (AvgIpc) is 2.52. The smallest absolute Gasteiger partial charge is 0.302 e. The van der Waals surface area contributed by atoms with E-state index in [2.05, 4.69) is 26.8 Å². The molecule has 1 saturated heterocycles. The normalized spacial score (nSPS) is 42.7. The first kappa shape index (κ1) is 15.9. The molecule has 0 N–H and O–H groups in total. The van der Waals surface area contributed by atoms with Gasteiger partial charge in [-0.1, -0.05) is 32.0 Å². The summed E-state index contributed by atoms with van der Waals surface area (Å²) in [5, 5.41) is 0. The van der Waals surface area contributed by atoms with Gasteiger partial charge in [-0.3, -0.25) is 4.79 Å². The number of carbonyl (C=O) groups excluding carboxylic acids is 1. The average molecular weight is 330 g/mol. The van der Waals surface area contributed by atoms with E-state index in [4.69, 9.17) is 14.2 Å². The van der Waals surface area contributed by atoms with E-state index in [0.29, 0.717) is 25.0 Å². The zero-order chi connectivity index (χ0) is 17.1. The second-order valence-corrected chi connectivity index (χ2v) is 8.12. The highest BCUT2D eigenvalue weighted by atomic mass is 16.5. The fraction of sp³-hybridized carbons (Fsp3) is 0.650. The number of hydrogen-bond acceptors (Lipinski definition) is 4. The van der Waals surface area contributed by atoms with Gasteiger partial charge < -0.3 is 14.2 Å². The molecule has 4 nitrogen and oxygen atoms in total. The van der Waals surface area contributed by atoms with Gasteiger partial charge in [0, 0.05) is 23.8 Å². The molecule has 1 aromatic carbocycles. The Morgan fingerprint density at radius 3 is 2.83 bits per heavy atom. The molecule has 0 amide bonds. The molecule has 2 aliphatic heterocycles. The summed E-state index contributed by atoms with van der Waals surface area (Å²) >= 11 is 0. The van der Waals surface area contributed by atoms with Crippen LogP contribution in [0.4, 0.5) is 0 Å². The van der Waals surface area contributed by atoms with Crippen LogP contribution >= 0.6 is 0 Å². The van der Waals surface area contributed by atoms with Gasteiger partial charge in [0.15, 0.2) is 0 Å². The maximum Gasteiger partial charge on any atom is 0.302 e. The minimum atomic E-state index is -0.238. The van der Waals surface area contributed by atoms with Crippen molar-refractivity contribution >= 4 is 5.97 Å². The molecule has 0 radical (unpaired) electrons. The largest absolute Gasteiger partial charge is 0.487 e. The van der Waals surface area contributed by atoms with Crippen LogP contribution in [0.25, 0.3) is 0 Å². The van der Waals surface area contributed by atoms with E-state index < -0.39 is 0 Å². The lowest BCUT2D eigenvalue weighted by Crippen LogP contribution is -2.66. The second kappa shape index (κ2) is 5.22. The molecule has 24 heavy (non-hydrogen) atoms. The Hall–Kier alpha value is -1.55. The number of para-hydroxylation sites is 1. The van der Waals surface area contributed by atoms with E-state index >= 15 is 0 Å².